The highest BCUT2D eigenvalue weighted by molar-refractivity contribution is 7.87. The molecule has 7 heteroatoms. The van der Waals surface area contributed by atoms with Gasteiger partial charge in [0.25, 0.3) is 10.2 Å². The molecule has 2 rings (SSSR count). The number of carboxylic acid groups (broad SMARTS) is 1. The number of hydrogen-bond donors (Lipinski definition) is 2. The lowest BCUT2D eigenvalue weighted by atomic mass is 10.1. The van der Waals surface area contributed by atoms with Crippen molar-refractivity contribution in [1.82, 2.24) is 9.03 Å². The molecule has 0 aromatic heterocycles. The fourth-order valence-electron chi connectivity index (χ4n) is 3.02. The molecule has 1 heterocycles. The van der Waals surface area contributed by atoms with E-state index in [-0.39, 0.29) is 12.1 Å². The van der Waals surface area contributed by atoms with Crippen LogP contribution in [0.15, 0.2) is 0 Å². The highest BCUT2D eigenvalue weighted by atomic mass is 32.2. The van der Waals surface area contributed by atoms with E-state index >= 15 is 0 Å². The fraction of sp³-hybridized carbons (Fsp3) is 0.917. The first-order valence-corrected chi connectivity index (χ1v) is 8.36. The van der Waals surface area contributed by atoms with Gasteiger partial charge >= 0.3 is 5.97 Å². The number of hydrogen-bond acceptors (Lipinski definition) is 3. The van der Waals surface area contributed by atoms with Gasteiger partial charge in [0.1, 0.15) is 0 Å². The minimum atomic E-state index is -3.47. The Bertz CT molecular complexity index is 437. The van der Waals surface area contributed by atoms with Crippen LogP contribution in [-0.2, 0) is 15.0 Å². The van der Waals surface area contributed by atoms with Crippen LogP contribution in [0.25, 0.3) is 0 Å². The zero-order valence-electron chi connectivity index (χ0n) is 11.2. The van der Waals surface area contributed by atoms with Crippen LogP contribution in [0, 0.1) is 5.92 Å². The lowest BCUT2D eigenvalue weighted by Crippen LogP contribution is -2.50. The lowest BCUT2D eigenvalue weighted by Gasteiger charge is -2.33. The standard InChI is InChI=1S/C12H22N2O4S/c1-9-4-2-3-7-14(9)19(17,18)13-11-6-5-10(8-11)12(15)16/h9-11,13H,2-8H2,1H3,(H,15,16). The van der Waals surface area contributed by atoms with Gasteiger partial charge in [-0.1, -0.05) is 6.42 Å². The predicted molar refractivity (Wildman–Crippen MR) is 70.8 cm³/mol. The molecule has 6 nitrogen and oxygen atoms in total. The molecule has 0 aromatic rings. The van der Waals surface area contributed by atoms with E-state index in [0.717, 1.165) is 19.3 Å². The molecule has 1 saturated carbocycles. The summed E-state index contributed by atoms with van der Waals surface area (Å²) in [5.74, 6) is -1.24. The van der Waals surface area contributed by atoms with Crippen molar-refractivity contribution < 1.29 is 18.3 Å². The zero-order valence-corrected chi connectivity index (χ0v) is 12.0. The van der Waals surface area contributed by atoms with Gasteiger partial charge in [0, 0.05) is 18.6 Å². The van der Waals surface area contributed by atoms with Crippen molar-refractivity contribution in [1.29, 1.82) is 0 Å². The molecule has 0 spiro atoms. The third kappa shape index (κ3) is 3.46. The summed E-state index contributed by atoms with van der Waals surface area (Å²) < 4.78 is 28.8. The van der Waals surface area contributed by atoms with Crippen LogP contribution in [-0.4, -0.2) is 42.4 Å². The van der Waals surface area contributed by atoms with Crippen molar-refractivity contribution in [2.45, 2.75) is 57.5 Å². The summed E-state index contributed by atoms with van der Waals surface area (Å²) >= 11 is 0. The van der Waals surface area contributed by atoms with Crippen LogP contribution in [0.2, 0.25) is 0 Å². The molecule has 19 heavy (non-hydrogen) atoms. The van der Waals surface area contributed by atoms with E-state index < -0.39 is 22.1 Å². The van der Waals surface area contributed by atoms with E-state index in [9.17, 15) is 13.2 Å². The Labute approximate surface area is 114 Å². The van der Waals surface area contributed by atoms with E-state index in [2.05, 4.69) is 4.72 Å². The summed E-state index contributed by atoms with van der Waals surface area (Å²) in [7, 11) is -3.47. The Morgan fingerprint density at radius 3 is 2.58 bits per heavy atom. The van der Waals surface area contributed by atoms with Crippen molar-refractivity contribution in [2.24, 2.45) is 5.92 Å². The van der Waals surface area contributed by atoms with Crippen LogP contribution >= 0.6 is 0 Å². The summed E-state index contributed by atoms with van der Waals surface area (Å²) in [4.78, 5) is 10.9. The van der Waals surface area contributed by atoms with E-state index in [0.29, 0.717) is 25.8 Å². The van der Waals surface area contributed by atoms with E-state index in [1.165, 1.54) is 4.31 Å². The molecule has 1 aliphatic heterocycles. The molecule has 110 valence electrons. The fourth-order valence-corrected chi connectivity index (χ4v) is 4.74. The molecule has 3 unspecified atom stereocenters. The van der Waals surface area contributed by atoms with E-state index in [1.807, 2.05) is 6.92 Å². The largest absolute Gasteiger partial charge is 0.481 e. The molecule has 0 amide bonds. The number of nitrogens with zero attached hydrogens (tertiary/aromatic N) is 1. The number of carboxylic acids is 1. The Morgan fingerprint density at radius 1 is 1.26 bits per heavy atom. The second kappa shape index (κ2) is 5.76. The Balaban J connectivity index is 1.96. The summed E-state index contributed by atoms with van der Waals surface area (Å²) in [6.07, 6.45) is 4.42. The van der Waals surface area contributed by atoms with Gasteiger partial charge in [0.15, 0.2) is 0 Å². The van der Waals surface area contributed by atoms with Gasteiger partial charge in [-0.3, -0.25) is 4.79 Å². The van der Waals surface area contributed by atoms with Crippen molar-refractivity contribution in [3.05, 3.63) is 0 Å². The summed E-state index contributed by atoms with van der Waals surface area (Å²) in [5.41, 5.74) is 0. The second-order valence-electron chi connectivity index (χ2n) is 5.62. The van der Waals surface area contributed by atoms with Gasteiger partial charge in [-0.15, -0.1) is 0 Å². The number of aliphatic carboxylic acids is 1. The zero-order chi connectivity index (χ0) is 14.0. The summed E-state index contributed by atoms with van der Waals surface area (Å²) in [5, 5.41) is 8.93. The average Bonchev–Trinajstić information content (AvgIpc) is 2.77. The predicted octanol–water partition coefficient (Wildman–Crippen LogP) is 0.948. The maximum absolute atomic E-state index is 12.3. The minimum absolute atomic E-state index is 0.0305. The third-order valence-corrected chi connectivity index (χ3v) is 5.94. The lowest BCUT2D eigenvalue weighted by molar-refractivity contribution is -0.141. The Kier molecular flexibility index (Phi) is 4.47. The maximum Gasteiger partial charge on any atom is 0.306 e. The first-order valence-electron chi connectivity index (χ1n) is 6.92. The van der Waals surface area contributed by atoms with Crippen molar-refractivity contribution >= 4 is 16.2 Å². The molecule has 2 N–H and O–H groups in total. The van der Waals surface area contributed by atoms with Crippen LogP contribution in [0.4, 0.5) is 0 Å². The average molecular weight is 290 g/mol. The second-order valence-corrected chi connectivity index (χ2v) is 7.28. The molecule has 2 aliphatic rings. The monoisotopic (exact) mass is 290 g/mol. The normalized spacial score (nSPS) is 33.4. The molecular weight excluding hydrogens is 268 g/mol. The van der Waals surface area contributed by atoms with Crippen LogP contribution < -0.4 is 4.72 Å². The number of nitrogens with one attached hydrogen (secondary N) is 1. The number of piperidine rings is 1. The van der Waals surface area contributed by atoms with Crippen LogP contribution in [0.1, 0.15) is 45.4 Å². The maximum atomic E-state index is 12.3. The quantitative estimate of drug-likeness (QED) is 0.807. The van der Waals surface area contributed by atoms with Gasteiger partial charge in [0.2, 0.25) is 0 Å². The number of carbonyl (C=O) groups is 1. The summed E-state index contributed by atoms with van der Waals surface area (Å²) in [6.45, 7) is 2.48. The molecule has 0 aromatic carbocycles. The smallest absolute Gasteiger partial charge is 0.306 e. The Morgan fingerprint density at radius 2 is 2.00 bits per heavy atom. The molecule has 0 radical (unpaired) electrons. The topological polar surface area (TPSA) is 86.7 Å². The van der Waals surface area contributed by atoms with Crippen LogP contribution in [0.3, 0.4) is 0 Å². The first-order chi connectivity index (χ1) is 8.90. The SMILES string of the molecule is CC1CCCCN1S(=O)(=O)NC1CCC(C(=O)O)C1. The van der Waals surface area contributed by atoms with Crippen molar-refractivity contribution in [3.8, 4) is 0 Å². The van der Waals surface area contributed by atoms with Crippen LogP contribution in [0.5, 0.6) is 0 Å². The van der Waals surface area contributed by atoms with E-state index in [1.54, 1.807) is 0 Å². The highest BCUT2D eigenvalue weighted by Gasteiger charge is 2.35. The van der Waals surface area contributed by atoms with Gasteiger partial charge < -0.3 is 5.11 Å². The van der Waals surface area contributed by atoms with Gasteiger partial charge in [-0.25, -0.2) is 0 Å². The minimum Gasteiger partial charge on any atom is -0.481 e. The van der Waals surface area contributed by atoms with E-state index in [4.69, 9.17) is 5.11 Å². The molecule has 3 atom stereocenters. The van der Waals surface area contributed by atoms with Gasteiger partial charge in [0.05, 0.1) is 5.92 Å². The molecule has 1 aliphatic carbocycles. The molecule has 1 saturated heterocycles. The Hall–Kier alpha value is -0.660. The van der Waals surface area contributed by atoms with Gasteiger partial charge in [-0.2, -0.15) is 17.4 Å². The van der Waals surface area contributed by atoms with Crippen molar-refractivity contribution in [3.63, 3.8) is 0 Å². The highest BCUT2D eigenvalue weighted by Crippen LogP contribution is 2.27. The molecule has 0 bridgehead atoms. The molecule has 2 fully saturated rings. The van der Waals surface area contributed by atoms with Gasteiger partial charge in [-0.05, 0) is 39.0 Å². The summed E-state index contributed by atoms with van der Waals surface area (Å²) in [6, 6.07) is -0.205. The third-order valence-electron chi connectivity index (χ3n) is 4.15. The first kappa shape index (κ1) is 14.7. The number of rotatable bonds is 4. The van der Waals surface area contributed by atoms with Crippen molar-refractivity contribution in [2.75, 3.05) is 6.54 Å². The molecular formula is C12H22N2O4S.